The largest absolute Gasteiger partial charge is 0.481 e. The molecule has 0 fully saturated rings. The summed E-state index contributed by atoms with van der Waals surface area (Å²) >= 11 is 0. The Morgan fingerprint density at radius 3 is 2.62 bits per heavy atom. The van der Waals surface area contributed by atoms with E-state index >= 15 is 0 Å². The third kappa shape index (κ3) is 3.63. The lowest BCUT2D eigenvalue weighted by Gasteiger charge is -2.34. The van der Waals surface area contributed by atoms with E-state index in [2.05, 4.69) is 4.72 Å². The van der Waals surface area contributed by atoms with Gasteiger partial charge in [-0.05, 0) is 24.5 Å². The molecule has 7 heteroatoms. The number of benzene rings is 1. The van der Waals surface area contributed by atoms with Crippen molar-refractivity contribution in [3.8, 4) is 0 Å². The first-order valence-electron chi connectivity index (χ1n) is 7.42. The van der Waals surface area contributed by atoms with E-state index in [1.807, 2.05) is 30.3 Å². The number of hydrogen-bond donors (Lipinski definition) is 2. The first-order chi connectivity index (χ1) is 11.3. The van der Waals surface area contributed by atoms with Crippen LogP contribution in [-0.2, 0) is 19.6 Å². The Morgan fingerprint density at radius 1 is 1.38 bits per heavy atom. The molecule has 2 rings (SSSR count). The zero-order chi connectivity index (χ0) is 17.8. The van der Waals surface area contributed by atoms with E-state index in [9.17, 15) is 18.0 Å². The van der Waals surface area contributed by atoms with Gasteiger partial charge >= 0.3 is 5.97 Å². The highest BCUT2D eigenvalue weighted by Crippen LogP contribution is 2.39. The number of carbonyl (C=O) groups is 2. The summed E-state index contributed by atoms with van der Waals surface area (Å²) in [6.45, 7) is 1.57. The number of aliphatic carboxylic acids is 1. The monoisotopic (exact) mass is 349 g/mol. The SMILES string of the molecule is CC1(S(=O)(=O)NC(C=O)CC(=O)O)CC=CC=C1c1ccccc1. The molecule has 0 amide bonds. The molecule has 0 bridgehead atoms. The Balaban J connectivity index is 2.39. The zero-order valence-electron chi connectivity index (χ0n) is 13.2. The highest BCUT2D eigenvalue weighted by Gasteiger charge is 2.44. The summed E-state index contributed by atoms with van der Waals surface area (Å²) < 4.78 is 26.7. The fourth-order valence-corrected chi connectivity index (χ4v) is 4.24. The minimum absolute atomic E-state index is 0.224. The summed E-state index contributed by atoms with van der Waals surface area (Å²) in [4.78, 5) is 21.8. The van der Waals surface area contributed by atoms with E-state index in [1.165, 1.54) is 0 Å². The van der Waals surface area contributed by atoms with Crippen molar-refractivity contribution in [2.24, 2.45) is 0 Å². The molecule has 1 aromatic rings. The van der Waals surface area contributed by atoms with Crippen LogP contribution in [0.25, 0.3) is 5.57 Å². The standard InChI is InChI=1S/C17H19NO5S/c1-17(24(22,23)18-14(12-19)11-16(20)21)10-6-5-9-15(17)13-7-3-2-4-8-13/h2-9,12,14,18H,10-11H2,1H3,(H,20,21). The van der Waals surface area contributed by atoms with Crippen LogP contribution in [0.1, 0.15) is 25.3 Å². The molecule has 0 heterocycles. The van der Waals surface area contributed by atoms with Gasteiger partial charge < -0.3 is 9.90 Å². The van der Waals surface area contributed by atoms with E-state index in [4.69, 9.17) is 5.11 Å². The first-order valence-corrected chi connectivity index (χ1v) is 8.90. The quantitative estimate of drug-likeness (QED) is 0.731. The van der Waals surface area contributed by atoms with Gasteiger partial charge in [0.15, 0.2) is 0 Å². The number of nitrogens with one attached hydrogen (secondary N) is 1. The molecule has 0 saturated carbocycles. The van der Waals surface area contributed by atoms with Crippen LogP contribution < -0.4 is 4.72 Å². The van der Waals surface area contributed by atoms with Crippen molar-refractivity contribution < 1.29 is 23.1 Å². The fraction of sp³-hybridized carbons (Fsp3) is 0.294. The lowest BCUT2D eigenvalue weighted by Crippen LogP contribution is -2.49. The van der Waals surface area contributed by atoms with Gasteiger partial charge in [0.05, 0.1) is 12.5 Å². The maximum absolute atomic E-state index is 12.9. The molecule has 0 spiro atoms. The molecule has 0 aliphatic heterocycles. The number of carboxylic acid groups (broad SMARTS) is 1. The van der Waals surface area contributed by atoms with Crippen molar-refractivity contribution in [1.82, 2.24) is 4.72 Å². The fourth-order valence-electron chi connectivity index (χ4n) is 2.65. The van der Waals surface area contributed by atoms with Crippen LogP contribution in [0.2, 0.25) is 0 Å². The van der Waals surface area contributed by atoms with Crippen molar-refractivity contribution in [3.63, 3.8) is 0 Å². The molecule has 0 aromatic heterocycles. The minimum Gasteiger partial charge on any atom is -0.481 e. The summed E-state index contributed by atoms with van der Waals surface area (Å²) in [7, 11) is -4.00. The molecule has 1 aliphatic rings. The van der Waals surface area contributed by atoms with Gasteiger partial charge in [-0.2, -0.15) is 0 Å². The van der Waals surface area contributed by atoms with Crippen LogP contribution in [0.5, 0.6) is 0 Å². The van der Waals surface area contributed by atoms with Crippen molar-refractivity contribution in [1.29, 1.82) is 0 Å². The molecule has 1 aromatic carbocycles. The van der Waals surface area contributed by atoms with Gasteiger partial charge in [0.1, 0.15) is 11.0 Å². The van der Waals surface area contributed by atoms with Gasteiger partial charge in [-0.1, -0.05) is 48.6 Å². The minimum atomic E-state index is -4.00. The van der Waals surface area contributed by atoms with Crippen LogP contribution in [0.4, 0.5) is 0 Å². The van der Waals surface area contributed by atoms with Gasteiger partial charge in [0.25, 0.3) is 0 Å². The predicted molar refractivity (Wildman–Crippen MR) is 90.7 cm³/mol. The van der Waals surface area contributed by atoms with Crippen LogP contribution in [0.15, 0.2) is 48.6 Å². The Bertz CT molecular complexity index is 782. The highest BCUT2D eigenvalue weighted by atomic mass is 32.2. The second-order valence-corrected chi connectivity index (χ2v) is 7.91. The Labute approximate surface area is 140 Å². The third-order valence-electron chi connectivity index (χ3n) is 4.02. The van der Waals surface area contributed by atoms with E-state index in [-0.39, 0.29) is 6.42 Å². The molecule has 0 radical (unpaired) electrons. The number of hydrogen-bond acceptors (Lipinski definition) is 4. The van der Waals surface area contributed by atoms with E-state index in [1.54, 1.807) is 25.2 Å². The molecule has 1 aliphatic carbocycles. The summed E-state index contributed by atoms with van der Waals surface area (Å²) in [6.07, 6.45) is 5.18. The molecule has 6 nitrogen and oxygen atoms in total. The first kappa shape index (κ1) is 18.1. The summed E-state index contributed by atoms with van der Waals surface area (Å²) in [6, 6.07) is 7.79. The average Bonchev–Trinajstić information content (AvgIpc) is 2.54. The van der Waals surface area contributed by atoms with Crippen molar-refractivity contribution >= 4 is 27.9 Å². The zero-order valence-corrected chi connectivity index (χ0v) is 14.0. The Hall–Kier alpha value is -2.25. The Kier molecular flexibility index (Phi) is 5.36. The molecule has 2 N–H and O–H groups in total. The number of sulfonamides is 1. The summed E-state index contributed by atoms with van der Waals surface area (Å²) in [5.74, 6) is -1.25. The maximum Gasteiger partial charge on any atom is 0.305 e. The van der Waals surface area contributed by atoms with Gasteiger partial charge in [-0.15, -0.1) is 0 Å². The summed E-state index contributed by atoms with van der Waals surface area (Å²) in [5, 5.41) is 8.80. The number of carbonyl (C=O) groups excluding carboxylic acids is 1. The van der Waals surface area contributed by atoms with Crippen molar-refractivity contribution in [3.05, 3.63) is 54.1 Å². The molecule has 128 valence electrons. The lowest BCUT2D eigenvalue weighted by molar-refractivity contribution is -0.138. The van der Waals surface area contributed by atoms with Gasteiger partial charge in [-0.25, -0.2) is 13.1 Å². The Morgan fingerprint density at radius 2 is 2.04 bits per heavy atom. The second kappa shape index (κ2) is 7.11. The maximum atomic E-state index is 12.9. The number of aldehydes is 1. The number of rotatable bonds is 7. The summed E-state index contributed by atoms with van der Waals surface area (Å²) in [5.41, 5.74) is 1.36. The van der Waals surface area contributed by atoms with Gasteiger partial charge in [-0.3, -0.25) is 4.79 Å². The average molecular weight is 349 g/mol. The second-order valence-electron chi connectivity index (χ2n) is 5.77. The van der Waals surface area contributed by atoms with E-state index < -0.39 is 33.2 Å². The highest BCUT2D eigenvalue weighted by molar-refractivity contribution is 7.91. The van der Waals surface area contributed by atoms with E-state index in [0.29, 0.717) is 11.9 Å². The predicted octanol–water partition coefficient (Wildman–Crippen LogP) is 1.75. The van der Waals surface area contributed by atoms with Gasteiger partial charge in [0, 0.05) is 0 Å². The number of allylic oxidation sites excluding steroid dienone is 3. The molecular formula is C17H19NO5S. The van der Waals surface area contributed by atoms with Gasteiger partial charge in [0.2, 0.25) is 10.0 Å². The third-order valence-corrected chi connectivity index (χ3v) is 6.21. The topological polar surface area (TPSA) is 101 Å². The van der Waals surface area contributed by atoms with Crippen molar-refractivity contribution in [2.75, 3.05) is 0 Å². The molecule has 0 saturated heterocycles. The van der Waals surface area contributed by atoms with Crippen LogP contribution in [0, 0.1) is 0 Å². The molecule has 2 unspecified atom stereocenters. The smallest absolute Gasteiger partial charge is 0.305 e. The van der Waals surface area contributed by atoms with Crippen molar-refractivity contribution in [2.45, 2.75) is 30.6 Å². The normalized spacial score (nSPS) is 21.8. The molecule has 2 atom stereocenters. The van der Waals surface area contributed by atoms with Crippen LogP contribution in [-0.4, -0.2) is 36.6 Å². The molecular weight excluding hydrogens is 330 g/mol. The van der Waals surface area contributed by atoms with Crippen LogP contribution >= 0.6 is 0 Å². The number of carboxylic acids is 1. The van der Waals surface area contributed by atoms with Crippen LogP contribution in [0.3, 0.4) is 0 Å². The van der Waals surface area contributed by atoms with E-state index in [0.717, 1.165) is 5.56 Å². The molecule has 24 heavy (non-hydrogen) atoms. The lowest BCUT2D eigenvalue weighted by atomic mass is 9.87.